The van der Waals surface area contributed by atoms with Gasteiger partial charge in [0.1, 0.15) is 5.75 Å². The summed E-state index contributed by atoms with van der Waals surface area (Å²) in [6.07, 6.45) is 0.780. The van der Waals surface area contributed by atoms with Gasteiger partial charge in [-0.05, 0) is 18.2 Å². The van der Waals surface area contributed by atoms with Gasteiger partial charge in [0.15, 0.2) is 5.84 Å². The minimum atomic E-state index is 0.0213. The van der Waals surface area contributed by atoms with Crippen molar-refractivity contribution in [2.45, 2.75) is 6.42 Å². The molecule has 0 bridgehead atoms. The topological polar surface area (TPSA) is 77.1 Å². The number of hydrogen-bond acceptors (Lipinski definition) is 4. The molecule has 0 saturated carbocycles. The minimum absolute atomic E-state index is 0.0213. The Labute approximate surface area is 108 Å². The summed E-state index contributed by atoms with van der Waals surface area (Å²) < 4.78 is 11.3. The second-order valence-electron chi connectivity index (χ2n) is 3.32. The molecular formula is C11H15BrN2O3. The van der Waals surface area contributed by atoms with Crippen molar-refractivity contribution >= 4 is 21.8 Å². The van der Waals surface area contributed by atoms with Gasteiger partial charge in [0.05, 0.1) is 12.2 Å². The summed E-state index contributed by atoms with van der Waals surface area (Å²) in [5.74, 6) is 0.604. The Morgan fingerprint density at radius 2 is 2.24 bits per heavy atom. The van der Waals surface area contributed by atoms with Crippen molar-refractivity contribution in [2.24, 2.45) is 10.9 Å². The molecule has 3 N–H and O–H groups in total. The standard InChI is InChI=1S/C11H15BrN2O3/c1-16-5-2-6-17-10-4-3-8(12)7-9(10)11(13)14-15/h3-4,7,15H,2,5-6H2,1H3,(H2,13,14). The summed E-state index contributed by atoms with van der Waals surface area (Å²) in [7, 11) is 1.64. The largest absolute Gasteiger partial charge is 0.493 e. The van der Waals surface area contributed by atoms with Crippen LogP contribution in [0.4, 0.5) is 0 Å². The van der Waals surface area contributed by atoms with Gasteiger partial charge in [0.25, 0.3) is 0 Å². The Morgan fingerprint density at radius 1 is 1.47 bits per heavy atom. The lowest BCUT2D eigenvalue weighted by Gasteiger charge is -2.10. The third kappa shape index (κ3) is 4.24. The van der Waals surface area contributed by atoms with E-state index in [1.54, 1.807) is 19.2 Å². The van der Waals surface area contributed by atoms with E-state index in [9.17, 15) is 0 Å². The third-order valence-electron chi connectivity index (χ3n) is 2.08. The van der Waals surface area contributed by atoms with Gasteiger partial charge in [-0.25, -0.2) is 0 Å². The monoisotopic (exact) mass is 302 g/mol. The van der Waals surface area contributed by atoms with Crippen LogP contribution in [0.3, 0.4) is 0 Å². The lowest BCUT2D eigenvalue weighted by molar-refractivity contribution is 0.172. The lowest BCUT2D eigenvalue weighted by atomic mass is 10.2. The molecule has 0 aliphatic rings. The second-order valence-corrected chi connectivity index (χ2v) is 4.24. The van der Waals surface area contributed by atoms with Crippen LogP contribution in [0.1, 0.15) is 12.0 Å². The molecule has 0 atom stereocenters. The van der Waals surface area contributed by atoms with Crippen molar-refractivity contribution in [3.63, 3.8) is 0 Å². The van der Waals surface area contributed by atoms with Crippen LogP contribution >= 0.6 is 15.9 Å². The zero-order valence-electron chi connectivity index (χ0n) is 9.52. The number of nitrogens with zero attached hydrogens (tertiary/aromatic N) is 1. The molecule has 0 saturated heterocycles. The molecule has 0 fully saturated rings. The maximum absolute atomic E-state index is 8.69. The lowest BCUT2D eigenvalue weighted by Crippen LogP contribution is -2.15. The summed E-state index contributed by atoms with van der Waals surface area (Å²) in [5.41, 5.74) is 6.12. The van der Waals surface area contributed by atoms with Gasteiger partial charge in [-0.15, -0.1) is 0 Å². The molecule has 0 aliphatic heterocycles. The Morgan fingerprint density at radius 3 is 2.88 bits per heavy atom. The fourth-order valence-electron chi connectivity index (χ4n) is 1.27. The van der Waals surface area contributed by atoms with Crippen molar-refractivity contribution in [2.75, 3.05) is 20.3 Å². The van der Waals surface area contributed by atoms with Crippen molar-refractivity contribution < 1.29 is 14.7 Å². The van der Waals surface area contributed by atoms with Crippen LogP contribution in [-0.2, 0) is 4.74 Å². The quantitative estimate of drug-likeness (QED) is 0.277. The average Bonchev–Trinajstić information content (AvgIpc) is 2.35. The number of hydrogen-bond donors (Lipinski definition) is 2. The predicted molar refractivity (Wildman–Crippen MR) is 68.6 cm³/mol. The van der Waals surface area contributed by atoms with E-state index < -0.39 is 0 Å². The Bertz CT molecular complexity index is 396. The molecule has 0 radical (unpaired) electrons. The highest BCUT2D eigenvalue weighted by Gasteiger charge is 2.09. The molecular weight excluding hydrogens is 288 g/mol. The van der Waals surface area contributed by atoms with E-state index in [0.29, 0.717) is 24.5 Å². The number of oxime groups is 1. The van der Waals surface area contributed by atoms with E-state index in [-0.39, 0.29) is 5.84 Å². The van der Waals surface area contributed by atoms with Gasteiger partial charge in [-0.3, -0.25) is 0 Å². The molecule has 0 aromatic heterocycles. The summed E-state index contributed by atoms with van der Waals surface area (Å²) in [4.78, 5) is 0. The number of nitrogens with two attached hydrogens (primary N) is 1. The average molecular weight is 303 g/mol. The minimum Gasteiger partial charge on any atom is -0.493 e. The Kier molecular flexibility index (Phi) is 5.79. The number of halogens is 1. The van der Waals surface area contributed by atoms with Gasteiger partial charge in [0.2, 0.25) is 0 Å². The molecule has 6 heteroatoms. The van der Waals surface area contributed by atoms with Gasteiger partial charge in [0, 0.05) is 24.6 Å². The fraction of sp³-hybridized carbons (Fsp3) is 0.364. The van der Waals surface area contributed by atoms with Gasteiger partial charge < -0.3 is 20.4 Å². The molecule has 1 aromatic carbocycles. The van der Waals surface area contributed by atoms with Crippen molar-refractivity contribution in [1.29, 1.82) is 0 Å². The van der Waals surface area contributed by atoms with Crippen LogP contribution in [0.15, 0.2) is 27.8 Å². The summed E-state index contributed by atoms with van der Waals surface area (Å²) in [5, 5.41) is 11.7. The molecule has 0 unspecified atom stereocenters. The molecule has 0 heterocycles. The summed E-state index contributed by atoms with van der Waals surface area (Å²) in [6, 6.07) is 5.34. The first kappa shape index (κ1) is 13.8. The SMILES string of the molecule is COCCCOc1ccc(Br)cc1/C(N)=N/O. The highest BCUT2D eigenvalue weighted by Crippen LogP contribution is 2.23. The normalized spacial score (nSPS) is 11.5. The molecule has 94 valence electrons. The number of rotatable bonds is 6. The molecule has 1 rings (SSSR count). The highest BCUT2D eigenvalue weighted by atomic mass is 79.9. The maximum Gasteiger partial charge on any atom is 0.173 e. The molecule has 0 amide bonds. The van der Waals surface area contributed by atoms with Crippen molar-refractivity contribution in [3.05, 3.63) is 28.2 Å². The van der Waals surface area contributed by atoms with Gasteiger partial charge >= 0.3 is 0 Å². The first-order chi connectivity index (χ1) is 8.19. The van der Waals surface area contributed by atoms with Crippen molar-refractivity contribution in [3.8, 4) is 5.75 Å². The van der Waals surface area contributed by atoms with Crippen LogP contribution in [0.5, 0.6) is 5.75 Å². The van der Waals surface area contributed by atoms with E-state index in [2.05, 4.69) is 21.1 Å². The zero-order valence-corrected chi connectivity index (χ0v) is 11.1. The first-order valence-electron chi connectivity index (χ1n) is 5.08. The van der Waals surface area contributed by atoms with Crippen LogP contribution in [0, 0.1) is 0 Å². The van der Waals surface area contributed by atoms with E-state index in [0.717, 1.165) is 10.9 Å². The van der Waals surface area contributed by atoms with Crippen LogP contribution in [-0.4, -0.2) is 31.4 Å². The molecule has 5 nitrogen and oxygen atoms in total. The molecule has 0 spiro atoms. The van der Waals surface area contributed by atoms with Crippen LogP contribution < -0.4 is 10.5 Å². The number of methoxy groups -OCH3 is 1. The molecule has 17 heavy (non-hydrogen) atoms. The molecule has 0 aliphatic carbocycles. The third-order valence-corrected chi connectivity index (χ3v) is 2.57. The van der Waals surface area contributed by atoms with Crippen LogP contribution in [0.2, 0.25) is 0 Å². The Hall–Kier alpha value is -1.27. The van der Waals surface area contributed by atoms with E-state index in [1.807, 2.05) is 6.07 Å². The maximum atomic E-state index is 8.69. The zero-order chi connectivity index (χ0) is 12.7. The predicted octanol–water partition coefficient (Wildman–Crippen LogP) is 1.96. The first-order valence-corrected chi connectivity index (χ1v) is 5.87. The number of amidine groups is 1. The van der Waals surface area contributed by atoms with Crippen molar-refractivity contribution in [1.82, 2.24) is 0 Å². The highest BCUT2D eigenvalue weighted by molar-refractivity contribution is 9.10. The molecule has 1 aromatic rings. The van der Waals surface area contributed by atoms with Crippen LogP contribution in [0.25, 0.3) is 0 Å². The second kappa shape index (κ2) is 7.13. The van der Waals surface area contributed by atoms with E-state index >= 15 is 0 Å². The number of ether oxygens (including phenoxy) is 2. The number of benzene rings is 1. The van der Waals surface area contributed by atoms with Gasteiger partial charge in [-0.2, -0.15) is 0 Å². The van der Waals surface area contributed by atoms with E-state index in [1.165, 1.54) is 0 Å². The van der Waals surface area contributed by atoms with E-state index in [4.69, 9.17) is 20.4 Å². The Balaban J connectivity index is 2.76. The van der Waals surface area contributed by atoms with Gasteiger partial charge in [-0.1, -0.05) is 21.1 Å². The fourth-order valence-corrected chi connectivity index (χ4v) is 1.63. The summed E-state index contributed by atoms with van der Waals surface area (Å²) in [6.45, 7) is 1.15. The smallest absolute Gasteiger partial charge is 0.173 e. The summed E-state index contributed by atoms with van der Waals surface area (Å²) >= 11 is 3.32.